The molecule has 0 saturated heterocycles. The maximum atomic E-state index is 0. The maximum Gasteiger partial charge on any atom is 5.00 e. The van der Waals surface area contributed by atoms with E-state index in [2.05, 4.69) is 0 Å². The van der Waals surface area contributed by atoms with Crippen molar-refractivity contribution in [3.63, 3.8) is 0 Å². The molecule has 1 radical (unpaired) electrons. The Labute approximate surface area is 69.2 Å². The molecule has 0 amide bonds. The summed E-state index contributed by atoms with van der Waals surface area (Å²) >= 11 is 0. The third kappa shape index (κ3) is 8.93. The van der Waals surface area contributed by atoms with Gasteiger partial charge in [0.05, 0.1) is 0 Å². The van der Waals surface area contributed by atoms with E-state index in [1.807, 2.05) is 0 Å². The second-order valence-electron chi connectivity index (χ2n) is 0. The molecule has 0 atom stereocenters. The van der Waals surface area contributed by atoms with Crippen LogP contribution < -0.4 is 0 Å². The molecule has 0 spiro atoms. The average molecular weight is 431 g/mol. The quantitative estimate of drug-likeness (QED) is 0.507. The van der Waals surface area contributed by atoms with Crippen LogP contribution in [0, 0.1) is 0 Å². The van der Waals surface area contributed by atoms with Gasteiger partial charge in [-0.25, -0.2) is 0 Å². The van der Waals surface area contributed by atoms with Crippen LogP contribution in [0.3, 0.4) is 0 Å². The molecule has 0 saturated carbocycles. The minimum absolute atomic E-state index is 0. The Morgan fingerprint density at radius 1 is 0.750 bits per heavy atom. The van der Waals surface area contributed by atoms with E-state index in [-0.39, 0.29) is 69.8 Å². The third-order valence-electron chi connectivity index (χ3n) is 0. The van der Waals surface area contributed by atoms with Gasteiger partial charge in [0.25, 0.3) is 0 Å². The third-order valence-corrected chi connectivity index (χ3v) is 0. The molecule has 0 unspecified atom stereocenters. The first kappa shape index (κ1) is 35.9. The maximum absolute atomic E-state index is 0. The van der Waals surface area contributed by atoms with Gasteiger partial charge < -0.3 is 27.0 Å². The minimum atomic E-state index is 0. The van der Waals surface area contributed by atoms with E-state index in [0.717, 1.165) is 0 Å². The summed E-state index contributed by atoms with van der Waals surface area (Å²) in [4.78, 5) is 0. The van der Waals surface area contributed by atoms with E-state index < -0.39 is 0 Å². The molecule has 0 N–H and O–H groups in total. The smallest absolute Gasteiger partial charge is 2.00 e. The normalized spacial score (nSPS) is 0. The molecular weight excluding hydrogens is 431 g/mol. The SMILES string of the molecule is [Re+4].[S-2].[S-2].[Ta+5]. The van der Waals surface area contributed by atoms with Crippen molar-refractivity contribution in [2.45, 2.75) is 0 Å². The first-order valence-corrected chi connectivity index (χ1v) is 0. The van der Waals surface area contributed by atoms with Crippen LogP contribution in [-0.4, -0.2) is 0 Å². The van der Waals surface area contributed by atoms with Crippen molar-refractivity contribution in [2.24, 2.45) is 0 Å². The van der Waals surface area contributed by atoms with Gasteiger partial charge in [-0.15, -0.1) is 0 Å². The molecule has 0 aliphatic heterocycles. The predicted octanol–water partition coefficient (Wildman–Crippen LogP) is -0.00980. The van der Waals surface area contributed by atoms with Crippen molar-refractivity contribution >= 4 is 27.0 Å². The Morgan fingerprint density at radius 2 is 0.750 bits per heavy atom. The van der Waals surface area contributed by atoms with Crippen molar-refractivity contribution < 1.29 is 42.8 Å². The number of rotatable bonds is 0. The summed E-state index contributed by atoms with van der Waals surface area (Å²) in [5.74, 6) is 0. The summed E-state index contributed by atoms with van der Waals surface area (Å²) in [5, 5.41) is 0. The minimum Gasteiger partial charge on any atom is -2.00 e. The second-order valence-corrected chi connectivity index (χ2v) is 0. The van der Waals surface area contributed by atoms with Gasteiger partial charge in [0, 0.05) is 0 Å². The fraction of sp³-hybridized carbons (Fsp3) is 0. The van der Waals surface area contributed by atoms with Crippen molar-refractivity contribution in [1.82, 2.24) is 0 Å². The predicted molar refractivity (Wildman–Crippen MR) is 14.7 cm³/mol. The molecule has 0 rings (SSSR count). The molecule has 0 aromatic heterocycles. The average Bonchev–Trinajstić information content (AvgIpc) is 0. The van der Waals surface area contributed by atoms with Gasteiger partial charge >= 0.3 is 42.8 Å². The zero-order chi connectivity index (χ0) is 0. The van der Waals surface area contributed by atoms with Crippen LogP contribution >= 0.6 is 0 Å². The van der Waals surface area contributed by atoms with E-state index in [0.29, 0.717) is 0 Å². The van der Waals surface area contributed by atoms with E-state index in [4.69, 9.17) is 0 Å². The van der Waals surface area contributed by atoms with E-state index in [9.17, 15) is 0 Å². The monoisotopic (exact) mass is 432 g/mol. The van der Waals surface area contributed by atoms with E-state index >= 15 is 0 Å². The molecule has 0 nitrogen and oxygen atoms in total. The Morgan fingerprint density at radius 3 is 0.750 bits per heavy atom. The zero-order valence-corrected chi connectivity index (χ0v) is 9.20. The molecule has 0 fully saturated rings. The molecule has 0 aromatic carbocycles. The van der Waals surface area contributed by atoms with Crippen LogP contribution in [0.4, 0.5) is 0 Å². The summed E-state index contributed by atoms with van der Waals surface area (Å²) < 4.78 is 0. The second kappa shape index (κ2) is 19.4. The molecule has 0 aliphatic carbocycles. The number of hydrogen-bond acceptors (Lipinski definition) is 0. The van der Waals surface area contributed by atoms with Crippen LogP contribution in [0.1, 0.15) is 0 Å². The molecule has 4 heteroatoms. The number of hydrogen-bond donors (Lipinski definition) is 0. The standard InChI is InChI=1S/Re.2S.Ta/q+4;2*-2;+5. The van der Waals surface area contributed by atoms with Gasteiger partial charge in [-0.2, -0.15) is 0 Å². The fourth-order valence-electron chi connectivity index (χ4n) is 0. The van der Waals surface area contributed by atoms with Gasteiger partial charge in [0.1, 0.15) is 0 Å². The molecule has 0 aromatic rings. The molecule has 19 valence electrons. The van der Waals surface area contributed by atoms with Crippen molar-refractivity contribution in [2.75, 3.05) is 0 Å². The summed E-state index contributed by atoms with van der Waals surface area (Å²) in [6.45, 7) is 0. The summed E-state index contributed by atoms with van der Waals surface area (Å²) in [5.41, 5.74) is 0. The van der Waals surface area contributed by atoms with Gasteiger partial charge in [0.2, 0.25) is 0 Å². The van der Waals surface area contributed by atoms with E-state index in [1.54, 1.807) is 0 Å². The van der Waals surface area contributed by atoms with Crippen LogP contribution in [-0.2, 0) is 69.8 Å². The molecule has 4 heavy (non-hydrogen) atoms. The molecule has 0 bridgehead atoms. The van der Waals surface area contributed by atoms with Crippen LogP contribution in [0.15, 0.2) is 0 Å². The van der Waals surface area contributed by atoms with E-state index in [1.165, 1.54) is 0 Å². The first-order chi connectivity index (χ1) is 0. The van der Waals surface area contributed by atoms with Gasteiger partial charge in [0.15, 0.2) is 0 Å². The molecule has 0 heterocycles. The largest absolute Gasteiger partial charge is 5.00 e. The van der Waals surface area contributed by atoms with Crippen LogP contribution in [0.5, 0.6) is 0 Å². The Balaban J connectivity index is 0. The molecular formula is ReS2Ta+5. The summed E-state index contributed by atoms with van der Waals surface area (Å²) in [6, 6.07) is 0. The van der Waals surface area contributed by atoms with Crippen molar-refractivity contribution in [1.29, 1.82) is 0 Å². The topological polar surface area (TPSA) is 0 Å². The van der Waals surface area contributed by atoms with Gasteiger partial charge in [-0.3, -0.25) is 0 Å². The van der Waals surface area contributed by atoms with Crippen molar-refractivity contribution in [3.8, 4) is 0 Å². The van der Waals surface area contributed by atoms with Crippen LogP contribution in [0.25, 0.3) is 0 Å². The zero-order valence-electron chi connectivity index (χ0n) is 1.64. The Bertz CT molecular complexity index is 6.00. The summed E-state index contributed by atoms with van der Waals surface area (Å²) in [7, 11) is 0. The van der Waals surface area contributed by atoms with Gasteiger partial charge in [-0.05, 0) is 0 Å². The van der Waals surface area contributed by atoms with Crippen molar-refractivity contribution in [3.05, 3.63) is 0 Å². The summed E-state index contributed by atoms with van der Waals surface area (Å²) in [6.07, 6.45) is 0. The molecule has 0 aliphatic rings. The Kier molecular flexibility index (Phi) is 175. The first-order valence-electron chi connectivity index (χ1n) is 0. The van der Waals surface area contributed by atoms with Crippen LogP contribution in [0.2, 0.25) is 0 Å². The fourth-order valence-corrected chi connectivity index (χ4v) is 0. The Hall–Kier alpha value is 2.10. The van der Waals surface area contributed by atoms with Gasteiger partial charge in [-0.1, -0.05) is 0 Å².